The van der Waals surface area contributed by atoms with Crippen molar-refractivity contribution in [2.24, 2.45) is 0 Å². The molecule has 0 amide bonds. The normalized spacial score (nSPS) is 13.7. The van der Waals surface area contributed by atoms with E-state index >= 15 is 0 Å². The van der Waals surface area contributed by atoms with E-state index in [9.17, 15) is 28.8 Å². The number of ketones is 6. The van der Waals surface area contributed by atoms with Crippen LogP contribution >= 0.6 is 0 Å². The number of nitrogens with zero attached hydrogens (tertiary/aromatic N) is 6. The van der Waals surface area contributed by atoms with Crippen molar-refractivity contribution in [2.45, 2.75) is 107 Å². The highest BCUT2D eigenvalue weighted by Crippen LogP contribution is 2.35. The van der Waals surface area contributed by atoms with Gasteiger partial charge >= 0.3 is 0 Å². The van der Waals surface area contributed by atoms with Crippen LogP contribution in [0.1, 0.15) is 143 Å². The molecule has 1 aliphatic heterocycles. The average molecular weight is 1050 g/mol. The van der Waals surface area contributed by atoms with E-state index < -0.39 is 0 Å². The van der Waals surface area contributed by atoms with Crippen molar-refractivity contribution in [3.05, 3.63) is 143 Å². The summed E-state index contributed by atoms with van der Waals surface area (Å²) in [5.74, 6) is 0.342. The van der Waals surface area contributed by atoms with Crippen molar-refractivity contribution < 1.29 is 28.8 Å². The predicted octanol–water partition coefficient (Wildman–Crippen LogP) is 13.4. The molecule has 9 aromatic rings. The molecule has 6 aromatic carbocycles. The maximum absolute atomic E-state index is 11.9. The summed E-state index contributed by atoms with van der Waals surface area (Å²) in [4.78, 5) is 78.0. The molecule has 12 heteroatoms. The fourth-order valence-corrected chi connectivity index (χ4v) is 11.3. The van der Waals surface area contributed by atoms with Gasteiger partial charge in [0.15, 0.2) is 34.7 Å². The molecule has 1 atom stereocenters. The first-order valence-corrected chi connectivity index (χ1v) is 27.6. The molecule has 0 bridgehead atoms. The van der Waals surface area contributed by atoms with Gasteiger partial charge in [-0.2, -0.15) is 0 Å². The van der Waals surface area contributed by atoms with E-state index in [2.05, 4.69) is 75.5 Å². The SMILES string of the molecule is CC(=O)c1ccc2c(c1)c1cc(C(C)=O)ccc1n2CCCN(C)C.CC(=O)c1ccc2c(c1)c1cc(C(C)=O)ccc1n2CC[C@H]1CCCN1C.CCN(CC)CCn1c2ccc(C(C)=O)cc2c2cc(C(C)=O)ccc21. The first kappa shape index (κ1) is 56.8. The molecule has 1 aliphatic rings. The van der Waals surface area contributed by atoms with Gasteiger partial charge < -0.3 is 28.4 Å². The Morgan fingerprint density at radius 3 is 0.987 bits per heavy atom. The monoisotopic (exact) mass is 1050 g/mol. The van der Waals surface area contributed by atoms with Crippen LogP contribution < -0.4 is 0 Å². The summed E-state index contributed by atoms with van der Waals surface area (Å²) in [5, 5.41) is 6.26. The number of carbonyl (C=O) groups is 6. The molecule has 0 unspecified atom stereocenters. The Balaban J connectivity index is 0.000000155. The van der Waals surface area contributed by atoms with Crippen molar-refractivity contribution in [2.75, 3.05) is 53.9 Å². The fourth-order valence-electron chi connectivity index (χ4n) is 11.3. The molecule has 12 nitrogen and oxygen atoms in total. The first-order chi connectivity index (χ1) is 37.3. The Kier molecular flexibility index (Phi) is 17.9. The Morgan fingerprint density at radius 1 is 0.436 bits per heavy atom. The minimum atomic E-state index is 0.0538. The van der Waals surface area contributed by atoms with Gasteiger partial charge in [0, 0.05) is 131 Å². The number of aryl methyl sites for hydroxylation is 2. The lowest BCUT2D eigenvalue weighted by molar-refractivity contribution is 0.100. The number of likely N-dealkylation sites (tertiary alicyclic amines) is 1. The molecule has 78 heavy (non-hydrogen) atoms. The molecule has 0 radical (unpaired) electrons. The zero-order valence-electron chi connectivity index (χ0n) is 47.6. The quantitative estimate of drug-likeness (QED) is 0.0772. The van der Waals surface area contributed by atoms with Crippen LogP contribution in [0.15, 0.2) is 109 Å². The Morgan fingerprint density at radius 2 is 0.731 bits per heavy atom. The first-order valence-electron chi connectivity index (χ1n) is 27.6. The van der Waals surface area contributed by atoms with Crippen LogP contribution in [0.3, 0.4) is 0 Å². The topological polar surface area (TPSA) is 127 Å². The number of aromatic nitrogens is 3. The predicted molar refractivity (Wildman–Crippen MR) is 320 cm³/mol. The summed E-state index contributed by atoms with van der Waals surface area (Å²) < 4.78 is 6.95. The van der Waals surface area contributed by atoms with Crippen LogP contribution in [0, 0.1) is 0 Å². The second-order valence-electron chi connectivity index (χ2n) is 21.4. The summed E-state index contributed by atoms with van der Waals surface area (Å²) in [5.41, 5.74) is 10.9. The summed E-state index contributed by atoms with van der Waals surface area (Å²) in [6.07, 6.45) is 4.68. The lowest BCUT2D eigenvalue weighted by Crippen LogP contribution is -2.26. The van der Waals surface area contributed by atoms with E-state index in [1.165, 1.54) is 19.4 Å². The number of rotatable bonds is 18. The minimum absolute atomic E-state index is 0.0538. The van der Waals surface area contributed by atoms with Crippen molar-refractivity contribution in [3.63, 3.8) is 0 Å². The molecule has 0 spiro atoms. The molecular weight excluding hydrogens is 973 g/mol. The molecule has 0 saturated carbocycles. The average Bonchev–Trinajstić information content (AvgIpc) is 4.36. The second kappa shape index (κ2) is 24.5. The highest BCUT2D eigenvalue weighted by Gasteiger charge is 2.23. The van der Waals surface area contributed by atoms with Crippen LogP contribution in [0.4, 0.5) is 0 Å². The highest BCUT2D eigenvalue weighted by molar-refractivity contribution is 6.15. The van der Waals surface area contributed by atoms with E-state index in [0.717, 1.165) is 124 Å². The van der Waals surface area contributed by atoms with E-state index in [0.29, 0.717) is 39.4 Å². The second-order valence-corrected chi connectivity index (χ2v) is 21.4. The minimum Gasteiger partial charge on any atom is -0.340 e. The van der Waals surface area contributed by atoms with Gasteiger partial charge in [0.1, 0.15) is 0 Å². The third-order valence-corrected chi connectivity index (χ3v) is 15.9. The molecule has 4 heterocycles. The highest BCUT2D eigenvalue weighted by atomic mass is 16.1. The number of hydrogen-bond acceptors (Lipinski definition) is 9. The van der Waals surface area contributed by atoms with E-state index in [-0.39, 0.29) is 34.7 Å². The Labute approximate surface area is 458 Å². The summed E-state index contributed by atoms with van der Waals surface area (Å²) in [6.45, 7) is 21.8. The summed E-state index contributed by atoms with van der Waals surface area (Å²) in [6, 6.07) is 36.0. The fraction of sp³-hybridized carbons (Fsp3) is 0.364. The third kappa shape index (κ3) is 12.2. The van der Waals surface area contributed by atoms with Gasteiger partial charge in [-0.25, -0.2) is 0 Å². The molecule has 0 aliphatic carbocycles. The number of likely N-dealkylation sites (N-methyl/N-ethyl adjacent to an activating group) is 1. The standard InChI is InChI=1S/C23H26N2O2.C22H26N2O2.C21H24N2O2/c1-15(26)17-6-8-22-20(13-17)21-14-18(16(2)27)7-9-23(21)25(22)12-10-19-5-4-11-24(19)3;1-5-23(6-2)11-12-24-21-9-7-17(15(3)25)13-19(21)20-14-18(16(4)26)8-10-22(20)24;1-14(24)16-6-8-20-18(12-16)19-13-17(15(2)25)7-9-21(19)23(20)11-5-10-22(3)4/h6-9,13-14,19H,4-5,10-12H2,1-3H3;7-10,13-14H,5-6,11-12H2,1-4H3;6-9,12-13H,5,10-11H2,1-4H3/t19-;;/m1../s1. The zero-order valence-corrected chi connectivity index (χ0v) is 47.6. The molecule has 406 valence electrons. The molecule has 0 N–H and O–H groups in total. The molecule has 1 fully saturated rings. The third-order valence-electron chi connectivity index (χ3n) is 15.9. The maximum Gasteiger partial charge on any atom is 0.159 e. The van der Waals surface area contributed by atoms with Crippen LogP contribution in [0.25, 0.3) is 65.4 Å². The van der Waals surface area contributed by atoms with Gasteiger partial charge in [0.05, 0.1) is 0 Å². The van der Waals surface area contributed by atoms with Gasteiger partial charge in [0.2, 0.25) is 0 Å². The van der Waals surface area contributed by atoms with Crippen molar-refractivity contribution in [1.82, 2.24) is 28.4 Å². The number of carbonyl (C=O) groups excluding carboxylic acids is 6. The lowest BCUT2D eigenvalue weighted by atomic mass is 10.0. The molecule has 3 aromatic heterocycles. The van der Waals surface area contributed by atoms with Crippen LogP contribution in [0.5, 0.6) is 0 Å². The number of benzene rings is 6. The van der Waals surface area contributed by atoms with Crippen LogP contribution in [-0.4, -0.2) is 123 Å². The van der Waals surface area contributed by atoms with E-state index in [4.69, 9.17) is 0 Å². The van der Waals surface area contributed by atoms with Gasteiger partial charge in [-0.3, -0.25) is 28.8 Å². The van der Waals surface area contributed by atoms with Gasteiger partial charge in [-0.1, -0.05) is 13.8 Å². The molecule has 1 saturated heterocycles. The lowest BCUT2D eigenvalue weighted by Gasteiger charge is -2.20. The summed E-state index contributed by atoms with van der Waals surface area (Å²) >= 11 is 0. The van der Waals surface area contributed by atoms with Crippen LogP contribution in [-0.2, 0) is 19.6 Å². The van der Waals surface area contributed by atoms with Crippen LogP contribution in [0.2, 0.25) is 0 Å². The zero-order chi connectivity index (χ0) is 56.1. The smallest absolute Gasteiger partial charge is 0.159 e. The largest absolute Gasteiger partial charge is 0.340 e. The number of hydrogen-bond donors (Lipinski definition) is 0. The summed E-state index contributed by atoms with van der Waals surface area (Å²) in [7, 11) is 6.36. The maximum atomic E-state index is 11.9. The number of Topliss-reactive ketones (excluding diaryl/α,β-unsaturated/α-hetero) is 6. The van der Waals surface area contributed by atoms with Crippen molar-refractivity contribution in [1.29, 1.82) is 0 Å². The molecular formula is C66H76N6O6. The van der Waals surface area contributed by atoms with Crippen molar-refractivity contribution >= 4 is 100 Å². The van der Waals surface area contributed by atoms with Gasteiger partial charge in [-0.05, 0) is 224 Å². The van der Waals surface area contributed by atoms with E-state index in [1.807, 2.05) is 97.1 Å². The van der Waals surface area contributed by atoms with Gasteiger partial charge in [0.25, 0.3) is 0 Å². The Bertz CT molecular complexity index is 3560. The van der Waals surface area contributed by atoms with Crippen molar-refractivity contribution in [3.8, 4) is 0 Å². The number of fused-ring (bicyclic) bond motifs is 9. The molecule has 10 rings (SSSR count). The van der Waals surface area contributed by atoms with E-state index in [1.54, 1.807) is 41.5 Å². The van der Waals surface area contributed by atoms with Gasteiger partial charge in [-0.15, -0.1) is 0 Å². The Hall–Kier alpha value is -7.38.